The van der Waals surface area contributed by atoms with Gasteiger partial charge in [0.15, 0.2) is 0 Å². The minimum Gasteiger partial charge on any atom is -0.495 e. The monoisotopic (exact) mass is 371 g/mol. The van der Waals surface area contributed by atoms with E-state index in [-0.39, 0.29) is 17.2 Å². The van der Waals surface area contributed by atoms with Crippen LogP contribution in [0.3, 0.4) is 0 Å². The number of benzene rings is 3. The number of para-hydroxylation sites is 2. The maximum absolute atomic E-state index is 13.2. The zero-order chi connectivity index (χ0) is 19.7. The molecule has 3 aromatic carbocycles. The summed E-state index contributed by atoms with van der Waals surface area (Å²) in [5.74, 6) is 0.598. The molecule has 3 heteroatoms. The van der Waals surface area contributed by atoms with E-state index in [9.17, 15) is 4.79 Å². The van der Waals surface area contributed by atoms with Crippen LogP contribution in [0.15, 0.2) is 72.8 Å². The zero-order valence-electron chi connectivity index (χ0n) is 16.5. The average Bonchev–Trinajstić information content (AvgIpc) is 3.46. The van der Waals surface area contributed by atoms with Gasteiger partial charge in [0.25, 0.3) is 0 Å². The van der Waals surface area contributed by atoms with Gasteiger partial charge in [-0.05, 0) is 43.5 Å². The SMILES string of the molecule is COc1ccccc1NC(=O)C1CC1(c1ccc(C)cc1)c1ccc(C)cc1. The van der Waals surface area contributed by atoms with Gasteiger partial charge in [-0.15, -0.1) is 0 Å². The van der Waals surface area contributed by atoms with E-state index in [1.807, 2.05) is 24.3 Å². The molecule has 1 N–H and O–H groups in total. The number of hydrogen-bond acceptors (Lipinski definition) is 2. The minimum atomic E-state index is -0.270. The molecule has 0 heterocycles. The van der Waals surface area contributed by atoms with Crippen LogP contribution >= 0.6 is 0 Å². The van der Waals surface area contributed by atoms with E-state index < -0.39 is 0 Å². The summed E-state index contributed by atoms with van der Waals surface area (Å²) in [6.07, 6.45) is 0.806. The Hall–Kier alpha value is -3.07. The number of nitrogens with one attached hydrogen (secondary N) is 1. The van der Waals surface area contributed by atoms with Gasteiger partial charge in [0.05, 0.1) is 18.7 Å². The van der Waals surface area contributed by atoms with Crippen molar-refractivity contribution in [1.82, 2.24) is 0 Å². The molecule has 1 saturated carbocycles. The van der Waals surface area contributed by atoms with Crippen molar-refractivity contribution in [3.8, 4) is 5.75 Å². The molecule has 0 aromatic heterocycles. The summed E-state index contributed by atoms with van der Waals surface area (Å²) >= 11 is 0. The Labute approximate surface area is 166 Å². The first-order valence-electron chi connectivity index (χ1n) is 9.63. The molecule has 0 aliphatic heterocycles. The molecule has 0 radical (unpaired) electrons. The number of hydrogen-bond donors (Lipinski definition) is 1. The molecule has 3 nitrogen and oxygen atoms in total. The van der Waals surface area contributed by atoms with Gasteiger partial charge >= 0.3 is 0 Å². The van der Waals surface area contributed by atoms with Crippen molar-refractivity contribution in [2.75, 3.05) is 12.4 Å². The molecule has 0 spiro atoms. The summed E-state index contributed by atoms with van der Waals surface area (Å²) in [7, 11) is 1.62. The number of ether oxygens (including phenoxy) is 1. The van der Waals surface area contributed by atoms with Gasteiger partial charge in [-0.1, -0.05) is 71.8 Å². The number of aryl methyl sites for hydroxylation is 2. The molecule has 1 fully saturated rings. The maximum Gasteiger partial charge on any atom is 0.228 e. The van der Waals surface area contributed by atoms with Crippen LogP contribution in [-0.4, -0.2) is 13.0 Å². The fourth-order valence-electron chi connectivity index (χ4n) is 4.05. The minimum absolute atomic E-state index is 0.0330. The number of methoxy groups -OCH3 is 1. The Morgan fingerprint density at radius 2 is 1.43 bits per heavy atom. The number of rotatable bonds is 5. The summed E-state index contributed by atoms with van der Waals surface area (Å²) < 4.78 is 5.38. The van der Waals surface area contributed by atoms with Crippen molar-refractivity contribution < 1.29 is 9.53 Å². The molecule has 3 aromatic rings. The quantitative estimate of drug-likeness (QED) is 0.665. The molecule has 1 aliphatic carbocycles. The fraction of sp³-hybridized carbons (Fsp3) is 0.240. The summed E-state index contributed by atoms with van der Waals surface area (Å²) in [4.78, 5) is 13.2. The van der Waals surface area contributed by atoms with Gasteiger partial charge in [-0.2, -0.15) is 0 Å². The number of amides is 1. The Bertz CT molecular complexity index is 944. The van der Waals surface area contributed by atoms with E-state index in [1.54, 1.807) is 7.11 Å². The third-order valence-electron chi connectivity index (χ3n) is 5.78. The Kier molecular flexibility index (Phi) is 4.68. The summed E-state index contributed by atoms with van der Waals surface area (Å²) in [5.41, 5.74) is 5.28. The lowest BCUT2D eigenvalue weighted by atomic mass is 9.85. The van der Waals surface area contributed by atoms with Gasteiger partial charge in [-0.3, -0.25) is 4.79 Å². The number of carbonyl (C=O) groups is 1. The molecule has 142 valence electrons. The largest absolute Gasteiger partial charge is 0.495 e. The molecule has 1 amide bonds. The summed E-state index contributed by atoms with van der Waals surface area (Å²) in [6, 6.07) is 24.7. The highest BCUT2D eigenvalue weighted by Gasteiger charge is 2.60. The van der Waals surface area contributed by atoms with E-state index >= 15 is 0 Å². The van der Waals surface area contributed by atoms with Gasteiger partial charge < -0.3 is 10.1 Å². The first kappa shape index (κ1) is 18.3. The molecule has 1 atom stereocenters. The van der Waals surface area contributed by atoms with Crippen LogP contribution in [-0.2, 0) is 10.2 Å². The third kappa shape index (κ3) is 3.18. The van der Waals surface area contributed by atoms with E-state index in [0.29, 0.717) is 11.4 Å². The molecule has 28 heavy (non-hydrogen) atoms. The fourth-order valence-corrected chi connectivity index (χ4v) is 4.05. The van der Waals surface area contributed by atoms with Crippen molar-refractivity contribution in [2.45, 2.75) is 25.7 Å². The highest BCUT2D eigenvalue weighted by atomic mass is 16.5. The predicted molar refractivity (Wildman–Crippen MR) is 113 cm³/mol. The zero-order valence-corrected chi connectivity index (χ0v) is 16.5. The second kappa shape index (κ2) is 7.16. The van der Waals surface area contributed by atoms with E-state index in [1.165, 1.54) is 22.3 Å². The van der Waals surface area contributed by atoms with Crippen molar-refractivity contribution in [3.05, 3.63) is 95.1 Å². The highest BCUT2D eigenvalue weighted by molar-refractivity contribution is 5.98. The van der Waals surface area contributed by atoms with Gasteiger partial charge in [0.1, 0.15) is 5.75 Å². The van der Waals surface area contributed by atoms with Gasteiger partial charge in [-0.25, -0.2) is 0 Å². The Balaban J connectivity index is 1.68. The smallest absolute Gasteiger partial charge is 0.228 e. The topological polar surface area (TPSA) is 38.3 Å². The Morgan fingerprint density at radius 1 is 0.893 bits per heavy atom. The van der Waals surface area contributed by atoms with Crippen LogP contribution < -0.4 is 10.1 Å². The summed E-state index contributed by atoms with van der Waals surface area (Å²) in [5, 5.41) is 3.08. The molecule has 0 bridgehead atoms. The van der Waals surface area contributed by atoms with Crippen molar-refractivity contribution in [1.29, 1.82) is 0 Å². The van der Waals surface area contributed by atoms with Crippen LogP contribution in [0.4, 0.5) is 5.69 Å². The van der Waals surface area contributed by atoms with E-state index in [4.69, 9.17) is 4.74 Å². The summed E-state index contributed by atoms with van der Waals surface area (Å²) in [6.45, 7) is 4.17. The van der Waals surface area contributed by atoms with Crippen molar-refractivity contribution in [2.24, 2.45) is 5.92 Å². The second-order valence-electron chi connectivity index (χ2n) is 7.65. The molecule has 1 aliphatic rings. The predicted octanol–water partition coefficient (Wildman–Crippen LogP) is 5.26. The van der Waals surface area contributed by atoms with E-state index in [0.717, 1.165) is 6.42 Å². The van der Waals surface area contributed by atoms with Crippen molar-refractivity contribution >= 4 is 11.6 Å². The molecular weight excluding hydrogens is 346 g/mol. The third-order valence-corrected chi connectivity index (χ3v) is 5.78. The molecular formula is C25H25NO2. The lowest BCUT2D eigenvalue weighted by molar-refractivity contribution is -0.117. The second-order valence-corrected chi connectivity index (χ2v) is 7.65. The first-order chi connectivity index (χ1) is 13.5. The van der Waals surface area contributed by atoms with Crippen LogP contribution in [0, 0.1) is 19.8 Å². The van der Waals surface area contributed by atoms with Crippen molar-refractivity contribution in [3.63, 3.8) is 0 Å². The molecule has 4 rings (SSSR count). The van der Waals surface area contributed by atoms with Crippen LogP contribution in [0.5, 0.6) is 5.75 Å². The normalized spacial score (nSPS) is 17.0. The molecule has 1 unspecified atom stereocenters. The Morgan fingerprint density at radius 3 is 1.96 bits per heavy atom. The lowest BCUT2D eigenvalue weighted by Crippen LogP contribution is -2.22. The molecule has 0 saturated heterocycles. The lowest BCUT2D eigenvalue weighted by Gasteiger charge is -2.20. The van der Waals surface area contributed by atoms with Crippen LogP contribution in [0.25, 0.3) is 0 Å². The highest BCUT2D eigenvalue weighted by Crippen LogP contribution is 2.59. The first-order valence-corrected chi connectivity index (χ1v) is 9.63. The average molecular weight is 371 g/mol. The maximum atomic E-state index is 13.2. The van der Waals surface area contributed by atoms with Crippen LogP contribution in [0.2, 0.25) is 0 Å². The van der Waals surface area contributed by atoms with E-state index in [2.05, 4.69) is 67.7 Å². The standard InChI is InChI=1S/C25H25NO2/c1-17-8-12-19(13-9-17)25(20-14-10-18(2)11-15-20)16-21(25)24(27)26-22-6-4-5-7-23(22)28-3/h4-15,21H,16H2,1-3H3,(H,26,27). The van der Waals surface area contributed by atoms with Crippen LogP contribution in [0.1, 0.15) is 28.7 Å². The van der Waals surface area contributed by atoms with Gasteiger partial charge in [0.2, 0.25) is 5.91 Å². The number of carbonyl (C=O) groups excluding carboxylic acids is 1. The van der Waals surface area contributed by atoms with Gasteiger partial charge in [0, 0.05) is 5.41 Å². The number of anilines is 1.